The summed E-state index contributed by atoms with van der Waals surface area (Å²) in [5.74, 6) is -2.32. The molecule has 0 aromatic heterocycles. The second kappa shape index (κ2) is 9.65. The summed E-state index contributed by atoms with van der Waals surface area (Å²) < 4.78 is 0. The molecule has 0 radical (unpaired) electrons. The minimum atomic E-state index is -1.02. The number of aryl methyl sites for hydroxylation is 1. The highest BCUT2D eigenvalue weighted by Gasteiger charge is 2.36. The number of carboxylic acid groups (broad SMARTS) is 2. The molecule has 7 heteroatoms. The molecule has 7 nitrogen and oxygen atoms in total. The van der Waals surface area contributed by atoms with Crippen LogP contribution in [0.15, 0.2) is 54.6 Å². The van der Waals surface area contributed by atoms with E-state index in [-0.39, 0.29) is 5.78 Å². The topological polar surface area (TPSA) is 116 Å². The number of fused-ring (bicyclic) bond motifs is 1. The molecule has 0 amide bonds. The van der Waals surface area contributed by atoms with E-state index in [9.17, 15) is 24.6 Å². The van der Waals surface area contributed by atoms with Crippen molar-refractivity contribution in [1.29, 1.82) is 0 Å². The smallest absolute Gasteiger partial charge is 0.321 e. The van der Waals surface area contributed by atoms with Crippen molar-refractivity contribution < 1.29 is 24.6 Å². The molecule has 1 heterocycles. The van der Waals surface area contributed by atoms with Gasteiger partial charge in [-0.3, -0.25) is 25.0 Å². The monoisotopic (exact) mass is 410 g/mol. The van der Waals surface area contributed by atoms with Gasteiger partial charge in [-0.25, -0.2) is 0 Å². The van der Waals surface area contributed by atoms with Crippen LogP contribution in [-0.2, 0) is 27.2 Å². The van der Waals surface area contributed by atoms with Crippen molar-refractivity contribution in [1.82, 2.24) is 10.6 Å². The van der Waals surface area contributed by atoms with Crippen LogP contribution in [0.25, 0.3) is 0 Å². The third-order valence-corrected chi connectivity index (χ3v) is 5.48. The molecule has 1 aliphatic heterocycles. The van der Waals surface area contributed by atoms with Gasteiger partial charge in [-0.2, -0.15) is 0 Å². The third kappa shape index (κ3) is 5.11. The summed E-state index contributed by atoms with van der Waals surface area (Å²) in [7, 11) is 0. The van der Waals surface area contributed by atoms with Crippen LogP contribution in [-0.4, -0.2) is 46.1 Å². The van der Waals surface area contributed by atoms with E-state index in [0.29, 0.717) is 19.3 Å². The highest BCUT2D eigenvalue weighted by molar-refractivity contribution is 5.92. The van der Waals surface area contributed by atoms with E-state index in [4.69, 9.17) is 0 Å². The fourth-order valence-electron chi connectivity index (χ4n) is 3.83. The number of ketones is 1. The number of aliphatic carboxylic acids is 2. The molecule has 0 aliphatic carbocycles. The Morgan fingerprint density at radius 1 is 1.07 bits per heavy atom. The number of benzene rings is 2. The predicted octanol–water partition coefficient (Wildman–Crippen LogP) is 1.96. The molecule has 158 valence electrons. The van der Waals surface area contributed by atoms with Crippen molar-refractivity contribution >= 4 is 17.7 Å². The minimum Gasteiger partial charge on any atom is -0.480 e. The van der Waals surface area contributed by atoms with Crippen LogP contribution in [0.3, 0.4) is 0 Å². The quantitative estimate of drug-likeness (QED) is 0.499. The first-order valence-corrected chi connectivity index (χ1v) is 10.00. The van der Waals surface area contributed by atoms with E-state index in [1.165, 1.54) is 0 Å². The zero-order valence-electron chi connectivity index (χ0n) is 16.7. The van der Waals surface area contributed by atoms with Gasteiger partial charge in [-0.15, -0.1) is 0 Å². The number of carbonyl (C=O) groups is 3. The average Bonchev–Trinajstić information content (AvgIpc) is 2.75. The predicted molar refractivity (Wildman–Crippen MR) is 111 cm³/mol. The van der Waals surface area contributed by atoms with Crippen LogP contribution in [0.4, 0.5) is 0 Å². The first-order chi connectivity index (χ1) is 14.4. The molecule has 30 heavy (non-hydrogen) atoms. The molecule has 4 N–H and O–H groups in total. The van der Waals surface area contributed by atoms with Gasteiger partial charge in [-0.05, 0) is 42.9 Å². The van der Waals surface area contributed by atoms with E-state index in [1.807, 2.05) is 42.5 Å². The zero-order valence-corrected chi connectivity index (χ0v) is 16.7. The number of carboxylic acids is 2. The van der Waals surface area contributed by atoms with Gasteiger partial charge in [0, 0.05) is 0 Å². The van der Waals surface area contributed by atoms with Gasteiger partial charge in [0.15, 0.2) is 5.78 Å². The lowest BCUT2D eigenvalue weighted by Gasteiger charge is -2.32. The molecule has 4 unspecified atom stereocenters. The molecule has 0 fully saturated rings. The lowest BCUT2D eigenvalue weighted by Crippen LogP contribution is -2.53. The summed E-state index contributed by atoms with van der Waals surface area (Å²) in [4.78, 5) is 36.4. The van der Waals surface area contributed by atoms with Crippen molar-refractivity contribution in [2.45, 2.75) is 50.4 Å². The number of rotatable bonds is 9. The Kier molecular flexibility index (Phi) is 6.97. The van der Waals surface area contributed by atoms with Crippen LogP contribution < -0.4 is 10.6 Å². The summed E-state index contributed by atoms with van der Waals surface area (Å²) in [6.45, 7) is 1.62. The number of nitrogens with one attached hydrogen (secondary N) is 2. The van der Waals surface area contributed by atoms with E-state index in [0.717, 1.165) is 16.7 Å². The van der Waals surface area contributed by atoms with Gasteiger partial charge in [0.2, 0.25) is 0 Å². The molecule has 0 spiro atoms. The largest absolute Gasteiger partial charge is 0.480 e. The van der Waals surface area contributed by atoms with E-state index in [2.05, 4.69) is 10.6 Å². The highest BCUT2D eigenvalue weighted by Crippen LogP contribution is 2.27. The van der Waals surface area contributed by atoms with Crippen LogP contribution in [0.5, 0.6) is 0 Å². The molecule has 0 saturated heterocycles. The van der Waals surface area contributed by atoms with Crippen LogP contribution >= 0.6 is 0 Å². The first-order valence-electron chi connectivity index (χ1n) is 10.00. The molecule has 3 rings (SSSR count). The van der Waals surface area contributed by atoms with Crippen LogP contribution in [0.2, 0.25) is 0 Å². The second-order valence-electron chi connectivity index (χ2n) is 7.60. The van der Waals surface area contributed by atoms with Gasteiger partial charge in [0.05, 0.1) is 12.1 Å². The number of carbonyl (C=O) groups excluding carboxylic acids is 1. The highest BCUT2D eigenvalue weighted by atomic mass is 16.4. The van der Waals surface area contributed by atoms with Gasteiger partial charge >= 0.3 is 11.9 Å². The Labute approximate surface area is 175 Å². The number of hydrogen-bond acceptors (Lipinski definition) is 5. The molecular weight excluding hydrogens is 384 g/mol. The summed E-state index contributed by atoms with van der Waals surface area (Å²) in [5.41, 5.74) is 2.58. The van der Waals surface area contributed by atoms with Gasteiger partial charge in [-0.1, -0.05) is 54.6 Å². The molecule has 1 aliphatic rings. The summed E-state index contributed by atoms with van der Waals surface area (Å²) in [6.07, 6.45) is 1.20. The van der Waals surface area contributed by atoms with Crippen LogP contribution in [0, 0.1) is 0 Å². The zero-order chi connectivity index (χ0) is 21.7. The van der Waals surface area contributed by atoms with Crippen molar-refractivity contribution in [3.8, 4) is 0 Å². The summed E-state index contributed by atoms with van der Waals surface area (Å²) in [6, 6.07) is 13.5. The molecule has 2 aromatic carbocycles. The number of Topliss-reactive ketones (excluding diaryl/α,β-unsaturated/α-hetero) is 1. The Balaban J connectivity index is 1.71. The Morgan fingerprint density at radius 2 is 1.73 bits per heavy atom. The SMILES string of the molecule is CC(NC(CCc1ccccc1)C(=O)O)C(=O)C1NC(C(=O)O)Cc2ccccc21. The summed E-state index contributed by atoms with van der Waals surface area (Å²) in [5, 5.41) is 24.9. The van der Waals surface area contributed by atoms with Gasteiger partial charge in [0.1, 0.15) is 12.1 Å². The van der Waals surface area contributed by atoms with E-state index >= 15 is 0 Å². The van der Waals surface area contributed by atoms with E-state index < -0.39 is 36.1 Å². The lowest BCUT2D eigenvalue weighted by atomic mass is 9.86. The Morgan fingerprint density at radius 3 is 2.40 bits per heavy atom. The van der Waals surface area contributed by atoms with Crippen LogP contribution in [0.1, 0.15) is 36.1 Å². The summed E-state index contributed by atoms with van der Waals surface area (Å²) >= 11 is 0. The van der Waals surface area contributed by atoms with Gasteiger partial charge in [0.25, 0.3) is 0 Å². The van der Waals surface area contributed by atoms with Gasteiger partial charge < -0.3 is 10.2 Å². The molecular formula is C23H26N2O5. The number of hydrogen-bond donors (Lipinski definition) is 4. The fraction of sp³-hybridized carbons (Fsp3) is 0.348. The second-order valence-corrected chi connectivity index (χ2v) is 7.60. The lowest BCUT2D eigenvalue weighted by molar-refractivity contribution is -0.140. The molecule has 4 atom stereocenters. The standard InChI is InChI=1S/C23H26N2O5/c1-14(24-18(22(27)28)12-11-15-7-3-2-4-8-15)21(26)20-17-10-6-5-9-16(17)13-19(25-20)23(29)30/h2-10,14,18-20,24-25H,11-13H2,1H3,(H,27,28)(H,29,30). The maximum absolute atomic E-state index is 13.2. The normalized spacial score (nSPS) is 20.0. The minimum absolute atomic E-state index is 0.278. The van der Waals surface area contributed by atoms with Crippen molar-refractivity contribution in [3.63, 3.8) is 0 Å². The Hall–Kier alpha value is -3.03. The van der Waals surface area contributed by atoms with Crippen molar-refractivity contribution in [3.05, 3.63) is 71.3 Å². The van der Waals surface area contributed by atoms with Crippen molar-refractivity contribution in [2.75, 3.05) is 0 Å². The molecule has 0 bridgehead atoms. The maximum Gasteiger partial charge on any atom is 0.321 e. The first kappa shape index (κ1) is 21.7. The van der Waals surface area contributed by atoms with E-state index in [1.54, 1.807) is 19.1 Å². The molecule has 2 aromatic rings. The molecule has 0 saturated carbocycles. The maximum atomic E-state index is 13.2. The Bertz CT molecular complexity index is 915. The average molecular weight is 410 g/mol. The third-order valence-electron chi connectivity index (χ3n) is 5.48. The van der Waals surface area contributed by atoms with Crippen molar-refractivity contribution in [2.24, 2.45) is 0 Å². The fourth-order valence-corrected chi connectivity index (χ4v) is 3.83.